The van der Waals surface area contributed by atoms with E-state index in [0.717, 1.165) is 44.6 Å². The molecule has 1 atom stereocenters. The first-order valence-electron chi connectivity index (χ1n) is 12.1. The van der Waals surface area contributed by atoms with Crippen LogP contribution >= 0.6 is 0 Å². The van der Waals surface area contributed by atoms with Gasteiger partial charge in [0.05, 0.1) is 12.3 Å². The monoisotopic (exact) mass is 483 g/mol. The van der Waals surface area contributed by atoms with Crippen LogP contribution in [-0.2, 0) is 9.53 Å². The third-order valence-corrected chi connectivity index (χ3v) is 6.38. The summed E-state index contributed by atoms with van der Waals surface area (Å²) < 4.78 is 6.74. The van der Waals surface area contributed by atoms with Gasteiger partial charge in [0, 0.05) is 51.5 Å². The molecule has 1 aromatic heterocycles. The number of benzene rings is 1. The van der Waals surface area contributed by atoms with Gasteiger partial charge in [0.15, 0.2) is 0 Å². The molecular formula is C24H33N7O4. The first kappa shape index (κ1) is 24.8. The van der Waals surface area contributed by atoms with Crippen LogP contribution in [-0.4, -0.2) is 83.3 Å². The van der Waals surface area contributed by atoms with Crippen LogP contribution < -0.4 is 22.1 Å². The van der Waals surface area contributed by atoms with Gasteiger partial charge in [-0.1, -0.05) is 12.1 Å². The molecule has 4 rings (SSSR count). The van der Waals surface area contributed by atoms with Crippen LogP contribution in [0.3, 0.4) is 0 Å². The summed E-state index contributed by atoms with van der Waals surface area (Å²) in [5.41, 5.74) is 6.92. The van der Waals surface area contributed by atoms with E-state index in [1.807, 2.05) is 12.1 Å². The maximum absolute atomic E-state index is 12.8. The van der Waals surface area contributed by atoms with Crippen molar-refractivity contribution < 1.29 is 14.3 Å². The van der Waals surface area contributed by atoms with Gasteiger partial charge in [-0.25, -0.2) is 14.4 Å². The summed E-state index contributed by atoms with van der Waals surface area (Å²) in [7, 11) is 0. The Kier molecular flexibility index (Phi) is 8.11. The van der Waals surface area contributed by atoms with Crippen LogP contribution in [0.15, 0.2) is 41.3 Å². The molecule has 0 spiro atoms. The lowest BCUT2D eigenvalue weighted by atomic mass is 9.99. The number of nitrogens with zero attached hydrogens (tertiary/aromatic N) is 4. The van der Waals surface area contributed by atoms with Gasteiger partial charge < -0.3 is 20.7 Å². The molecule has 2 aliphatic heterocycles. The Labute approximate surface area is 204 Å². The standard InChI is InChI=1S/C24H33N7O4/c1-2-35-22(32)21(29-12-7-18(25)8-13-29)17-3-5-19(6-4-17)31-14-9-20(28-24(31)34)27-23(33)30-15-10-26-11-16-30/h3-6,9,14,18,21,26H,2,7-8,10-13,15-16,25H2,1H3,(H,27,28,33,34). The lowest BCUT2D eigenvalue weighted by molar-refractivity contribution is -0.150. The second kappa shape index (κ2) is 11.4. The molecule has 0 radical (unpaired) electrons. The fourth-order valence-corrected chi connectivity index (χ4v) is 4.44. The minimum Gasteiger partial charge on any atom is -0.465 e. The van der Waals surface area contributed by atoms with Gasteiger partial charge in [0.25, 0.3) is 0 Å². The average molecular weight is 484 g/mol. The summed E-state index contributed by atoms with van der Waals surface area (Å²) in [5, 5.41) is 5.88. The van der Waals surface area contributed by atoms with E-state index in [0.29, 0.717) is 25.4 Å². The summed E-state index contributed by atoms with van der Waals surface area (Å²) in [6.07, 6.45) is 3.23. The third kappa shape index (κ3) is 6.05. The molecular weight excluding hydrogens is 450 g/mol. The first-order chi connectivity index (χ1) is 17.0. The van der Waals surface area contributed by atoms with Crippen LogP contribution in [0.25, 0.3) is 5.69 Å². The van der Waals surface area contributed by atoms with Crippen molar-refractivity contribution in [2.75, 3.05) is 51.2 Å². The van der Waals surface area contributed by atoms with Gasteiger partial charge in [0.2, 0.25) is 0 Å². The highest BCUT2D eigenvalue weighted by Gasteiger charge is 2.31. The molecule has 0 aliphatic carbocycles. The van der Waals surface area contributed by atoms with Gasteiger partial charge >= 0.3 is 17.7 Å². The number of esters is 1. The van der Waals surface area contributed by atoms with Crippen molar-refractivity contribution in [2.45, 2.75) is 31.8 Å². The molecule has 11 heteroatoms. The Balaban J connectivity index is 1.49. The molecule has 188 valence electrons. The Morgan fingerprint density at radius 1 is 1.14 bits per heavy atom. The molecule has 2 aromatic rings. The lowest BCUT2D eigenvalue weighted by Crippen LogP contribution is -2.48. The minimum atomic E-state index is -0.520. The summed E-state index contributed by atoms with van der Waals surface area (Å²) >= 11 is 0. The molecule has 2 aliphatic rings. The topological polar surface area (TPSA) is 135 Å². The quantitative estimate of drug-likeness (QED) is 0.511. The maximum Gasteiger partial charge on any atom is 0.354 e. The Bertz CT molecular complexity index is 1070. The van der Waals surface area contributed by atoms with Gasteiger partial charge in [-0.2, -0.15) is 4.98 Å². The van der Waals surface area contributed by atoms with Crippen LogP contribution in [0.1, 0.15) is 31.4 Å². The van der Waals surface area contributed by atoms with Crippen LogP contribution in [0.2, 0.25) is 0 Å². The number of rotatable bonds is 6. The summed E-state index contributed by atoms with van der Waals surface area (Å²) in [6, 6.07) is 8.17. The lowest BCUT2D eigenvalue weighted by Gasteiger charge is -2.35. The van der Waals surface area contributed by atoms with E-state index < -0.39 is 11.7 Å². The molecule has 4 N–H and O–H groups in total. The van der Waals surface area contributed by atoms with Gasteiger partial charge in [-0.15, -0.1) is 0 Å². The van der Waals surface area contributed by atoms with Crippen LogP contribution in [0.5, 0.6) is 0 Å². The zero-order valence-electron chi connectivity index (χ0n) is 20.0. The van der Waals surface area contributed by atoms with Crippen molar-refractivity contribution in [3.05, 3.63) is 52.6 Å². The van der Waals surface area contributed by atoms with Gasteiger partial charge in [-0.3, -0.25) is 14.8 Å². The summed E-state index contributed by atoms with van der Waals surface area (Å²) in [6.45, 7) is 6.21. The van der Waals surface area contributed by atoms with Crippen molar-refractivity contribution in [2.24, 2.45) is 5.73 Å². The predicted octanol–water partition coefficient (Wildman–Crippen LogP) is 0.697. The molecule has 11 nitrogen and oxygen atoms in total. The zero-order chi connectivity index (χ0) is 24.8. The molecule has 3 heterocycles. The zero-order valence-corrected chi connectivity index (χ0v) is 20.0. The number of hydrogen-bond donors (Lipinski definition) is 3. The number of carbonyl (C=O) groups is 2. The van der Waals surface area contributed by atoms with Crippen LogP contribution in [0, 0.1) is 0 Å². The van der Waals surface area contributed by atoms with E-state index in [1.165, 1.54) is 4.57 Å². The Morgan fingerprint density at radius 3 is 2.46 bits per heavy atom. The van der Waals surface area contributed by atoms with E-state index in [2.05, 4.69) is 20.5 Å². The Morgan fingerprint density at radius 2 is 1.83 bits per heavy atom. The number of amides is 2. The minimum absolute atomic E-state index is 0.153. The second-order valence-corrected chi connectivity index (χ2v) is 8.75. The molecule has 1 aromatic carbocycles. The number of piperidine rings is 1. The van der Waals surface area contributed by atoms with Gasteiger partial charge in [-0.05, 0) is 43.5 Å². The number of nitrogens with one attached hydrogen (secondary N) is 2. The number of urea groups is 1. The van der Waals surface area contributed by atoms with Crippen molar-refractivity contribution in [1.29, 1.82) is 0 Å². The molecule has 2 amide bonds. The molecule has 0 saturated carbocycles. The largest absolute Gasteiger partial charge is 0.465 e. The van der Waals surface area contributed by atoms with Crippen molar-refractivity contribution >= 4 is 17.8 Å². The SMILES string of the molecule is CCOC(=O)C(c1ccc(-n2ccc(NC(=O)N3CCNCC3)nc2=O)cc1)N1CCC(N)CC1. The second-order valence-electron chi connectivity index (χ2n) is 8.75. The van der Waals surface area contributed by atoms with E-state index in [-0.39, 0.29) is 23.9 Å². The number of aromatic nitrogens is 2. The molecule has 2 fully saturated rings. The van der Waals surface area contributed by atoms with E-state index in [4.69, 9.17) is 10.5 Å². The fourth-order valence-electron chi connectivity index (χ4n) is 4.44. The molecule has 0 bridgehead atoms. The molecule has 1 unspecified atom stereocenters. The summed E-state index contributed by atoms with van der Waals surface area (Å²) in [4.78, 5) is 45.6. The van der Waals surface area contributed by atoms with Crippen LogP contribution in [0.4, 0.5) is 10.6 Å². The normalized spacial score (nSPS) is 18.2. The highest BCUT2D eigenvalue weighted by molar-refractivity contribution is 5.88. The number of hydrogen-bond acceptors (Lipinski definition) is 8. The van der Waals surface area contributed by atoms with E-state index in [9.17, 15) is 14.4 Å². The van der Waals surface area contributed by atoms with Crippen molar-refractivity contribution in [3.8, 4) is 5.69 Å². The molecule has 35 heavy (non-hydrogen) atoms. The van der Waals surface area contributed by atoms with E-state index >= 15 is 0 Å². The average Bonchev–Trinajstić information content (AvgIpc) is 2.87. The highest BCUT2D eigenvalue weighted by Crippen LogP contribution is 2.26. The smallest absolute Gasteiger partial charge is 0.354 e. The number of nitrogens with two attached hydrogens (primary N) is 1. The Hall–Kier alpha value is -3.28. The van der Waals surface area contributed by atoms with Gasteiger partial charge in [0.1, 0.15) is 11.9 Å². The fraction of sp³-hybridized carbons (Fsp3) is 0.500. The summed E-state index contributed by atoms with van der Waals surface area (Å²) in [5.74, 6) is -0.0868. The van der Waals surface area contributed by atoms with E-state index in [1.54, 1.807) is 36.2 Å². The maximum atomic E-state index is 12.8. The van der Waals surface area contributed by atoms with Crippen molar-refractivity contribution in [3.63, 3.8) is 0 Å². The predicted molar refractivity (Wildman–Crippen MR) is 131 cm³/mol. The number of likely N-dealkylation sites (tertiary alicyclic amines) is 1. The number of carbonyl (C=O) groups excluding carboxylic acids is 2. The third-order valence-electron chi connectivity index (χ3n) is 6.38. The number of piperazine rings is 1. The highest BCUT2D eigenvalue weighted by atomic mass is 16.5. The molecule has 2 saturated heterocycles. The number of ether oxygens (including phenoxy) is 1. The first-order valence-corrected chi connectivity index (χ1v) is 12.1. The van der Waals surface area contributed by atoms with Crippen molar-refractivity contribution in [1.82, 2.24) is 24.7 Å². The number of anilines is 1.